The van der Waals surface area contributed by atoms with E-state index in [0.29, 0.717) is 18.7 Å². The molecule has 2 aromatic rings. The van der Waals surface area contributed by atoms with Crippen LogP contribution in [0.25, 0.3) is 0 Å². The minimum atomic E-state index is -0.460. The van der Waals surface area contributed by atoms with Crippen LogP contribution in [0.5, 0.6) is 0 Å². The summed E-state index contributed by atoms with van der Waals surface area (Å²) in [5, 5.41) is 7.00. The van der Waals surface area contributed by atoms with Gasteiger partial charge < -0.3 is 20.4 Å². The molecule has 2 amide bonds. The standard InChI is InChI=1S/C25H30N6O2/c1-24-8-7-17(25(16-24)28-20-6-3-2-5-18(20)21(32)29-25)15-19(24)22(33)30-11-13-31(14-12-30)23-26-9-4-10-27-23/h2-6,9-10,17,19,28H,7-8,11-16H2,1H3,(H,29,32)/t17-,19-,24-,25-/m0/s1. The number of fused-ring (bicyclic) bond motifs is 3. The van der Waals surface area contributed by atoms with Gasteiger partial charge in [-0.15, -0.1) is 0 Å². The molecule has 1 saturated heterocycles. The lowest BCUT2D eigenvalue weighted by Gasteiger charge is -2.61. The molecule has 3 heterocycles. The molecule has 4 fully saturated rings. The first-order chi connectivity index (χ1) is 16.0. The quantitative estimate of drug-likeness (QED) is 0.737. The number of rotatable bonds is 2. The molecular formula is C25H30N6O2. The molecule has 1 aromatic heterocycles. The minimum Gasteiger partial charge on any atom is -0.362 e. The number of amides is 2. The SMILES string of the molecule is C[C@@]12CC[C@@H](C[C@H]1C(=O)N1CCN(c3ncccn3)CC1)[C@]1(C2)NC(=O)c2ccccc2N1. The highest BCUT2D eigenvalue weighted by Gasteiger charge is 2.60. The Kier molecular flexibility index (Phi) is 4.61. The highest BCUT2D eigenvalue weighted by atomic mass is 16.2. The number of hydrogen-bond acceptors (Lipinski definition) is 6. The second-order valence-electron chi connectivity index (χ2n) is 10.3. The summed E-state index contributed by atoms with van der Waals surface area (Å²) in [5.41, 5.74) is 0.999. The monoisotopic (exact) mass is 446 g/mol. The Bertz CT molecular complexity index is 1090. The van der Waals surface area contributed by atoms with Gasteiger partial charge in [-0.25, -0.2) is 9.97 Å². The van der Waals surface area contributed by atoms with Crippen molar-refractivity contribution in [2.45, 2.75) is 38.3 Å². The highest BCUT2D eigenvalue weighted by molar-refractivity contribution is 6.02. The molecule has 2 N–H and O–H groups in total. The molecule has 33 heavy (non-hydrogen) atoms. The van der Waals surface area contributed by atoms with Gasteiger partial charge in [0, 0.05) is 56.1 Å². The lowest BCUT2D eigenvalue weighted by Crippen LogP contribution is -2.70. The zero-order chi connectivity index (χ0) is 22.6. The second kappa shape index (κ2) is 7.43. The first-order valence-corrected chi connectivity index (χ1v) is 12.0. The van der Waals surface area contributed by atoms with Crippen LogP contribution in [0.1, 0.15) is 43.0 Å². The number of aromatic nitrogens is 2. The molecule has 8 heteroatoms. The molecule has 7 rings (SSSR count). The zero-order valence-electron chi connectivity index (χ0n) is 19.0. The summed E-state index contributed by atoms with van der Waals surface area (Å²) < 4.78 is 0. The number of nitrogens with zero attached hydrogens (tertiary/aromatic N) is 4. The van der Waals surface area contributed by atoms with Crippen LogP contribution in [0.2, 0.25) is 0 Å². The molecule has 2 aliphatic heterocycles. The van der Waals surface area contributed by atoms with Crippen molar-refractivity contribution < 1.29 is 9.59 Å². The van der Waals surface area contributed by atoms with Gasteiger partial charge in [0.2, 0.25) is 11.9 Å². The van der Waals surface area contributed by atoms with Crippen molar-refractivity contribution in [2.75, 3.05) is 36.4 Å². The number of nitrogens with one attached hydrogen (secondary N) is 2. The fraction of sp³-hybridized carbons (Fsp3) is 0.520. The maximum atomic E-state index is 13.7. The molecule has 0 radical (unpaired) electrons. The smallest absolute Gasteiger partial charge is 0.255 e. The van der Waals surface area contributed by atoms with E-state index in [2.05, 4.69) is 32.4 Å². The molecule has 172 valence electrons. The van der Waals surface area contributed by atoms with Crippen LogP contribution >= 0.6 is 0 Å². The normalized spacial score (nSPS) is 32.8. The van der Waals surface area contributed by atoms with E-state index >= 15 is 0 Å². The van der Waals surface area contributed by atoms with Crippen LogP contribution in [0, 0.1) is 17.3 Å². The van der Waals surface area contributed by atoms with Crippen molar-refractivity contribution in [3.8, 4) is 0 Å². The van der Waals surface area contributed by atoms with E-state index in [1.165, 1.54) is 0 Å². The summed E-state index contributed by atoms with van der Waals surface area (Å²) in [5.74, 6) is 1.23. The van der Waals surface area contributed by atoms with Crippen LogP contribution in [0.15, 0.2) is 42.7 Å². The van der Waals surface area contributed by atoms with Crippen LogP contribution in [-0.2, 0) is 4.79 Å². The maximum absolute atomic E-state index is 13.7. The number of carbonyl (C=O) groups is 2. The van der Waals surface area contributed by atoms with Crippen molar-refractivity contribution >= 4 is 23.5 Å². The topological polar surface area (TPSA) is 90.5 Å². The van der Waals surface area contributed by atoms with E-state index in [1.54, 1.807) is 12.4 Å². The summed E-state index contributed by atoms with van der Waals surface area (Å²) in [4.78, 5) is 39.5. The van der Waals surface area contributed by atoms with E-state index in [0.717, 1.165) is 50.4 Å². The molecule has 2 bridgehead atoms. The van der Waals surface area contributed by atoms with Crippen molar-refractivity contribution in [3.05, 3.63) is 48.3 Å². The Morgan fingerprint density at radius 3 is 2.58 bits per heavy atom. The van der Waals surface area contributed by atoms with E-state index < -0.39 is 5.66 Å². The molecule has 8 nitrogen and oxygen atoms in total. The van der Waals surface area contributed by atoms with Gasteiger partial charge in [0.25, 0.3) is 5.91 Å². The lowest BCUT2D eigenvalue weighted by molar-refractivity contribution is -0.150. The third-order valence-electron chi connectivity index (χ3n) is 8.40. The fourth-order valence-corrected chi connectivity index (χ4v) is 6.63. The highest BCUT2D eigenvalue weighted by Crippen LogP contribution is 2.58. The summed E-state index contributed by atoms with van der Waals surface area (Å²) in [6, 6.07) is 9.52. The molecule has 4 atom stereocenters. The van der Waals surface area contributed by atoms with Gasteiger partial charge in [-0.05, 0) is 49.3 Å². The number of piperazine rings is 1. The van der Waals surface area contributed by atoms with Gasteiger partial charge in [-0.3, -0.25) is 9.59 Å². The van der Waals surface area contributed by atoms with Crippen LogP contribution < -0.4 is 15.5 Å². The van der Waals surface area contributed by atoms with Crippen molar-refractivity contribution in [3.63, 3.8) is 0 Å². The lowest BCUT2D eigenvalue weighted by atomic mass is 9.51. The zero-order valence-corrected chi connectivity index (χ0v) is 19.0. The molecule has 3 saturated carbocycles. The Balaban J connectivity index is 1.18. The van der Waals surface area contributed by atoms with Gasteiger partial charge in [-0.2, -0.15) is 0 Å². The molecule has 3 aliphatic carbocycles. The average Bonchev–Trinajstić information content (AvgIpc) is 2.84. The van der Waals surface area contributed by atoms with Crippen LogP contribution in [-0.4, -0.2) is 58.5 Å². The number of anilines is 2. The van der Waals surface area contributed by atoms with Gasteiger partial charge in [0.1, 0.15) is 5.66 Å². The van der Waals surface area contributed by atoms with Gasteiger partial charge in [0.05, 0.1) is 5.56 Å². The number of hydrogen-bond donors (Lipinski definition) is 2. The predicted molar refractivity (Wildman–Crippen MR) is 125 cm³/mol. The summed E-state index contributed by atoms with van der Waals surface area (Å²) in [6.45, 7) is 5.14. The Labute approximate surface area is 193 Å². The van der Waals surface area contributed by atoms with Crippen molar-refractivity contribution in [2.24, 2.45) is 17.3 Å². The molecule has 0 unspecified atom stereocenters. The molecule has 1 spiro atoms. The number of benzene rings is 1. The predicted octanol–water partition coefficient (Wildman–Crippen LogP) is 2.50. The van der Waals surface area contributed by atoms with E-state index in [1.807, 2.05) is 35.2 Å². The number of para-hydroxylation sites is 1. The second-order valence-corrected chi connectivity index (χ2v) is 10.3. The Morgan fingerprint density at radius 2 is 1.82 bits per heavy atom. The minimum absolute atomic E-state index is 0.00253. The van der Waals surface area contributed by atoms with Gasteiger partial charge >= 0.3 is 0 Å². The van der Waals surface area contributed by atoms with Crippen molar-refractivity contribution in [1.82, 2.24) is 20.2 Å². The molecular weight excluding hydrogens is 416 g/mol. The third kappa shape index (κ3) is 3.26. The van der Waals surface area contributed by atoms with Gasteiger partial charge in [-0.1, -0.05) is 19.1 Å². The molecule has 5 aliphatic rings. The van der Waals surface area contributed by atoms with E-state index in [4.69, 9.17) is 0 Å². The first-order valence-electron chi connectivity index (χ1n) is 12.0. The third-order valence-corrected chi connectivity index (χ3v) is 8.40. The van der Waals surface area contributed by atoms with Gasteiger partial charge in [0.15, 0.2) is 0 Å². The Hall–Kier alpha value is -3.16. The van der Waals surface area contributed by atoms with E-state index in [9.17, 15) is 9.59 Å². The van der Waals surface area contributed by atoms with Crippen molar-refractivity contribution in [1.29, 1.82) is 0 Å². The van der Waals surface area contributed by atoms with Crippen LogP contribution in [0.3, 0.4) is 0 Å². The van der Waals surface area contributed by atoms with E-state index in [-0.39, 0.29) is 29.1 Å². The maximum Gasteiger partial charge on any atom is 0.255 e. The first kappa shape index (κ1) is 20.4. The summed E-state index contributed by atoms with van der Waals surface area (Å²) >= 11 is 0. The molecule has 1 aromatic carbocycles. The Morgan fingerprint density at radius 1 is 1.06 bits per heavy atom. The summed E-state index contributed by atoms with van der Waals surface area (Å²) in [6.07, 6.45) is 7.14. The average molecular weight is 447 g/mol. The number of carbonyl (C=O) groups excluding carboxylic acids is 2. The van der Waals surface area contributed by atoms with Crippen LogP contribution in [0.4, 0.5) is 11.6 Å². The summed E-state index contributed by atoms with van der Waals surface area (Å²) in [7, 11) is 0. The largest absolute Gasteiger partial charge is 0.362 e. The fourth-order valence-electron chi connectivity index (χ4n) is 6.63.